The highest BCUT2D eigenvalue weighted by Crippen LogP contribution is 2.40. The van der Waals surface area contributed by atoms with Crippen LogP contribution in [0.25, 0.3) is 0 Å². The Kier molecular flexibility index (Phi) is 5.59. The summed E-state index contributed by atoms with van der Waals surface area (Å²) in [5, 5.41) is 11.5. The zero-order valence-corrected chi connectivity index (χ0v) is 16.3. The van der Waals surface area contributed by atoms with Gasteiger partial charge in [0.15, 0.2) is 11.5 Å². The predicted molar refractivity (Wildman–Crippen MR) is 100 cm³/mol. The van der Waals surface area contributed by atoms with Crippen LogP contribution in [0.3, 0.4) is 0 Å². The molecule has 2 aromatic carbocycles. The first kappa shape index (κ1) is 19.5. The van der Waals surface area contributed by atoms with E-state index in [0.29, 0.717) is 29.6 Å². The van der Waals surface area contributed by atoms with Gasteiger partial charge in [-0.15, -0.1) is 0 Å². The highest BCUT2D eigenvalue weighted by atomic mass is 32.2. The van der Waals surface area contributed by atoms with Crippen molar-refractivity contribution in [3.63, 3.8) is 0 Å². The van der Waals surface area contributed by atoms with Crippen molar-refractivity contribution in [2.75, 3.05) is 13.2 Å². The molecule has 1 heterocycles. The Morgan fingerprint density at radius 3 is 2.48 bits per heavy atom. The number of fused-ring (bicyclic) bond motifs is 1. The van der Waals surface area contributed by atoms with Crippen LogP contribution in [0.15, 0.2) is 51.1 Å². The van der Waals surface area contributed by atoms with Crippen LogP contribution in [0.4, 0.5) is 5.69 Å². The number of hydrogen-bond donors (Lipinski definition) is 1. The van der Waals surface area contributed by atoms with Gasteiger partial charge in [0.05, 0.1) is 14.7 Å². The predicted octanol–water partition coefficient (Wildman–Crippen LogP) is 3.20. The van der Waals surface area contributed by atoms with Crippen molar-refractivity contribution in [3.05, 3.63) is 46.5 Å². The average Bonchev–Trinajstić information content (AvgIpc) is 2.60. The van der Waals surface area contributed by atoms with Crippen molar-refractivity contribution in [1.29, 1.82) is 0 Å². The molecule has 27 heavy (non-hydrogen) atoms. The molecule has 2 aromatic rings. The summed E-state index contributed by atoms with van der Waals surface area (Å²) in [5.74, 6) is 1.20. The molecule has 1 N–H and O–H groups in total. The molecule has 0 saturated heterocycles. The fraction of sp³-hybridized carbons (Fsp3) is 0.294. The first-order valence-electron chi connectivity index (χ1n) is 8.14. The summed E-state index contributed by atoms with van der Waals surface area (Å²) in [4.78, 5) is 11.8. The Balaban J connectivity index is 1.93. The summed E-state index contributed by atoms with van der Waals surface area (Å²) in [5.41, 5.74) is -0.276. The van der Waals surface area contributed by atoms with Gasteiger partial charge >= 0.3 is 0 Å². The molecule has 0 atom stereocenters. The summed E-state index contributed by atoms with van der Waals surface area (Å²) in [6.07, 6.45) is 0. The molecule has 10 heteroatoms. The Bertz CT molecular complexity index is 975. The zero-order valence-electron chi connectivity index (χ0n) is 14.7. The molecule has 0 bridgehead atoms. The standard InChI is InChI=1S/C17H18N2O6S2/c1-11(2)18-27(22,23)13-4-6-17(14(10-13)19(20)21)26-12-3-5-15-16(9-12)25-8-7-24-15/h3-6,9-11,18H,7-8H2,1-2H3. The zero-order chi connectivity index (χ0) is 19.6. The van der Waals surface area contributed by atoms with Gasteiger partial charge in [0.2, 0.25) is 10.0 Å². The minimum Gasteiger partial charge on any atom is -0.486 e. The van der Waals surface area contributed by atoms with Gasteiger partial charge in [-0.05, 0) is 44.2 Å². The van der Waals surface area contributed by atoms with Gasteiger partial charge in [0.1, 0.15) is 13.2 Å². The van der Waals surface area contributed by atoms with E-state index in [1.807, 2.05) is 0 Å². The maximum atomic E-state index is 12.3. The highest BCUT2D eigenvalue weighted by molar-refractivity contribution is 7.99. The SMILES string of the molecule is CC(C)NS(=O)(=O)c1ccc(Sc2ccc3c(c2)OCCO3)c([N+](=O)[O-])c1. The van der Waals surface area contributed by atoms with Gasteiger partial charge < -0.3 is 9.47 Å². The van der Waals surface area contributed by atoms with Gasteiger partial charge in [-0.2, -0.15) is 0 Å². The van der Waals surface area contributed by atoms with Crippen molar-refractivity contribution in [1.82, 2.24) is 4.72 Å². The molecule has 0 amide bonds. The molecule has 1 aliphatic rings. The summed E-state index contributed by atoms with van der Waals surface area (Å²) >= 11 is 1.16. The topological polar surface area (TPSA) is 108 Å². The van der Waals surface area contributed by atoms with E-state index in [0.717, 1.165) is 22.7 Å². The van der Waals surface area contributed by atoms with E-state index in [1.165, 1.54) is 12.1 Å². The third-order valence-corrected chi connectivity index (χ3v) is 6.28. The van der Waals surface area contributed by atoms with Gasteiger partial charge in [-0.3, -0.25) is 10.1 Å². The van der Waals surface area contributed by atoms with Crippen LogP contribution >= 0.6 is 11.8 Å². The van der Waals surface area contributed by atoms with E-state index in [1.54, 1.807) is 32.0 Å². The third-order valence-electron chi connectivity index (χ3n) is 3.57. The lowest BCUT2D eigenvalue weighted by Gasteiger charge is -2.18. The van der Waals surface area contributed by atoms with Crippen molar-refractivity contribution in [3.8, 4) is 11.5 Å². The van der Waals surface area contributed by atoms with Crippen LogP contribution in [0.2, 0.25) is 0 Å². The summed E-state index contributed by atoms with van der Waals surface area (Å²) in [6, 6.07) is 8.81. The number of nitro benzene ring substituents is 1. The molecule has 0 radical (unpaired) electrons. The molecule has 1 aliphatic heterocycles. The molecule has 0 aromatic heterocycles. The van der Waals surface area contributed by atoms with Crippen LogP contribution < -0.4 is 14.2 Å². The minimum atomic E-state index is -3.82. The number of rotatable bonds is 6. The second kappa shape index (κ2) is 7.75. The van der Waals surface area contributed by atoms with Crippen molar-refractivity contribution < 1.29 is 22.8 Å². The Morgan fingerprint density at radius 2 is 1.81 bits per heavy atom. The van der Waals surface area contributed by atoms with E-state index in [9.17, 15) is 18.5 Å². The van der Waals surface area contributed by atoms with Crippen molar-refractivity contribution >= 4 is 27.5 Å². The van der Waals surface area contributed by atoms with Gasteiger partial charge in [-0.1, -0.05) is 11.8 Å². The first-order chi connectivity index (χ1) is 12.8. The lowest BCUT2D eigenvalue weighted by molar-refractivity contribution is -0.388. The summed E-state index contributed by atoms with van der Waals surface area (Å²) in [7, 11) is -3.82. The molecular weight excluding hydrogens is 392 g/mol. The lowest BCUT2D eigenvalue weighted by atomic mass is 10.3. The number of ether oxygens (including phenoxy) is 2. The number of benzene rings is 2. The van der Waals surface area contributed by atoms with E-state index < -0.39 is 14.9 Å². The van der Waals surface area contributed by atoms with Crippen LogP contribution in [-0.2, 0) is 10.0 Å². The summed E-state index contributed by atoms with van der Waals surface area (Å²) < 4.78 is 38.0. The first-order valence-corrected chi connectivity index (χ1v) is 10.4. The highest BCUT2D eigenvalue weighted by Gasteiger charge is 2.23. The molecule has 8 nitrogen and oxygen atoms in total. The summed E-state index contributed by atoms with van der Waals surface area (Å²) in [6.45, 7) is 4.28. The molecule has 144 valence electrons. The Morgan fingerprint density at radius 1 is 1.11 bits per heavy atom. The molecule has 0 aliphatic carbocycles. The van der Waals surface area contributed by atoms with Crippen molar-refractivity contribution in [2.24, 2.45) is 0 Å². The van der Waals surface area contributed by atoms with Crippen LogP contribution in [-0.4, -0.2) is 32.6 Å². The molecule has 3 rings (SSSR count). The van der Waals surface area contributed by atoms with E-state index in [4.69, 9.17) is 9.47 Å². The average molecular weight is 410 g/mol. The molecular formula is C17H18N2O6S2. The fourth-order valence-electron chi connectivity index (χ4n) is 2.49. The molecule has 0 unspecified atom stereocenters. The van der Waals surface area contributed by atoms with E-state index in [2.05, 4.69) is 4.72 Å². The maximum Gasteiger partial charge on any atom is 0.284 e. The van der Waals surface area contributed by atoms with E-state index in [-0.39, 0.29) is 16.6 Å². The Hall–Kier alpha value is -2.30. The van der Waals surface area contributed by atoms with Crippen LogP contribution in [0.5, 0.6) is 11.5 Å². The monoisotopic (exact) mass is 410 g/mol. The van der Waals surface area contributed by atoms with E-state index >= 15 is 0 Å². The number of nitro groups is 1. The number of nitrogens with zero attached hydrogens (tertiary/aromatic N) is 1. The smallest absolute Gasteiger partial charge is 0.284 e. The number of sulfonamides is 1. The van der Waals surface area contributed by atoms with Crippen LogP contribution in [0, 0.1) is 10.1 Å². The Labute approximate surface area is 161 Å². The second-order valence-electron chi connectivity index (χ2n) is 6.07. The fourth-order valence-corrected chi connectivity index (χ4v) is 4.69. The molecule has 0 saturated carbocycles. The van der Waals surface area contributed by atoms with Gasteiger partial charge in [0.25, 0.3) is 5.69 Å². The second-order valence-corrected chi connectivity index (χ2v) is 8.90. The van der Waals surface area contributed by atoms with Crippen LogP contribution in [0.1, 0.15) is 13.8 Å². The quantitative estimate of drug-likeness (QED) is 0.575. The number of hydrogen-bond acceptors (Lipinski definition) is 7. The lowest BCUT2D eigenvalue weighted by Crippen LogP contribution is -2.30. The largest absolute Gasteiger partial charge is 0.486 e. The minimum absolute atomic E-state index is 0.144. The van der Waals surface area contributed by atoms with Crippen molar-refractivity contribution in [2.45, 2.75) is 34.6 Å². The maximum absolute atomic E-state index is 12.3. The third kappa shape index (κ3) is 4.52. The van der Waals surface area contributed by atoms with Gasteiger partial charge in [0, 0.05) is 17.0 Å². The van der Waals surface area contributed by atoms with Gasteiger partial charge in [-0.25, -0.2) is 13.1 Å². The molecule has 0 fully saturated rings. The molecule has 0 spiro atoms. The normalized spacial score (nSPS) is 13.6. The number of nitrogens with one attached hydrogen (secondary N) is 1.